The van der Waals surface area contributed by atoms with Crippen LogP contribution in [-0.4, -0.2) is 49.4 Å². The summed E-state index contributed by atoms with van der Waals surface area (Å²) in [6.07, 6.45) is 3.69. The number of fused-ring (bicyclic) bond motifs is 1. The zero-order valence-electron chi connectivity index (χ0n) is 15.8. The number of hydrogen-bond donors (Lipinski definition) is 0. The lowest BCUT2D eigenvalue weighted by molar-refractivity contribution is -0.0993. The zero-order valence-corrected chi connectivity index (χ0v) is 15.8. The van der Waals surface area contributed by atoms with E-state index in [9.17, 15) is 0 Å². The van der Waals surface area contributed by atoms with Gasteiger partial charge in [0.2, 0.25) is 0 Å². The Kier molecular flexibility index (Phi) is 5.53. The maximum atomic E-state index is 5.77. The molecule has 1 unspecified atom stereocenters. The van der Waals surface area contributed by atoms with E-state index < -0.39 is 0 Å². The minimum absolute atomic E-state index is 0.417. The van der Waals surface area contributed by atoms with Crippen LogP contribution in [0.2, 0.25) is 0 Å². The molecule has 0 aliphatic carbocycles. The first-order valence-corrected chi connectivity index (χ1v) is 10.0. The van der Waals surface area contributed by atoms with E-state index in [1.54, 1.807) is 0 Å². The lowest BCUT2D eigenvalue weighted by atomic mass is 9.66. The summed E-state index contributed by atoms with van der Waals surface area (Å²) in [5, 5.41) is 1.22. The molecule has 0 saturated carbocycles. The predicted molar refractivity (Wildman–Crippen MR) is 104 cm³/mol. The molecule has 140 valence electrons. The first kappa shape index (κ1) is 17.9. The van der Waals surface area contributed by atoms with Crippen LogP contribution in [0.5, 0.6) is 0 Å². The normalized spacial score (nSPS) is 23.5. The maximum absolute atomic E-state index is 5.77. The monoisotopic (exact) mass is 354 g/mol. The second kappa shape index (κ2) is 8.03. The Hall–Kier alpha value is -1.49. The number of nitrogens with zero attached hydrogens (tertiary/aromatic N) is 2. The van der Waals surface area contributed by atoms with Gasteiger partial charge >= 0.3 is 0 Å². The number of aromatic nitrogens is 1. The lowest BCUT2D eigenvalue weighted by Crippen LogP contribution is -2.49. The molecule has 26 heavy (non-hydrogen) atoms. The second-order valence-electron chi connectivity index (χ2n) is 7.82. The van der Waals surface area contributed by atoms with Crippen LogP contribution in [0.15, 0.2) is 36.4 Å². The molecule has 0 N–H and O–H groups in total. The Balaban J connectivity index is 1.39. The lowest BCUT2D eigenvalue weighted by Gasteiger charge is -2.49. The quantitative estimate of drug-likeness (QED) is 0.816. The molecule has 1 aromatic heterocycles. The van der Waals surface area contributed by atoms with Gasteiger partial charge in [-0.2, -0.15) is 0 Å². The first-order valence-electron chi connectivity index (χ1n) is 10.0. The number of ether oxygens (including phenoxy) is 2. The first-order chi connectivity index (χ1) is 12.8. The molecule has 2 aliphatic heterocycles. The van der Waals surface area contributed by atoms with Crippen molar-refractivity contribution in [1.82, 2.24) is 9.88 Å². The average Bonchev–Trinajstić information content (AvgIpc) is 2.69. The summed E-state index contributed by atoms with van der Waals surface area (Å²) in [6, 6.07) is 12.7. The van der Waals surface area contributed by atoms with E-state index in [-0.39, 0.29) is 0 Å². The second-order valence-corrected chi connectivity index (χ2v) is 7.82. The van der Waals surface area contributed by atoms with Crippen molar-refractivity contribution in [3.05, 3.63) is 42.1 Å². The largest absolute Gasteiger partial charge is 0.381 e. The number of rotatable bonds is 5. The number of hydrogen-bond acceptors (Lipinski definition) is 4. The summed E-state index contributed by atoms with van der Waals surface area (Å²) in [5.41, 5.74) is 2.69. The van der Waals surface area contributed by atoms with Crippen molar-refractivity contribution in [1.29, 1.82) is 0 Å². The van der Waals surface area contributed by atoms with E-state index in [1.165, 1.54) is 30.3 Å². The average molecular weight is 354 g/mol. The standard InChI is InChI=1S/C22H30N2O2/c1-2-25-16-19-17-26-14-11-22(19)9-12-24(13-10-22)15-20-8-7-18-5-3-4-6-21(18)23-20/h3-8,19H,2,9-17H2,1H3. The topological polar surface area (TPSA) is 34.6 Å². The summed E-state index contributed by atoms with van der Waals surface area (Å²) in [5.74, 6) is 0.553. The summed E-state index contributed by atoms with van der Waals surface area (Å²) < 4.78 is 11.5. The third kappa shape index (κ3) is 3.78. The van der Waals surface area contributed by atoms with Crippen LogP contribution in [0, 0.1) is 11.3 Å². The molecular formula is C22H30N2O2. The molecule has 0 amide bonds. The van der Waals surface area contributed by atoms with Gasteiger partial charge in [0.15, 0.2) is 0 Å². The Morgan fingerprint density at radius 1 is 1.15 bits per heavy atom. The van der Waals surface area contributed by atoms with Crippen molar-refractivity contribution >= 4 is 10.9 Å². The SMILES string of the molecule is CCOCC1COCCC12CCN(Cc1ccc3ccccc3n1)CC2. The molecule has 1 aromatic carbocycles. The molecular weight excluding hydrogens is 324 g/mol. The minimum Gasteiger partial charge on any atom is -0.381 e. The number of pyridine rings is 1. The van der Waals surface area contributed by atoms with Gasteiger partial charge < -0.3 is 9.47 Å². The molecule has 4 heteroatoms. The Bertz CT molecular complexity index is 725. The number of likely N-dealkylation sites (tertiary alicyclic amines) is 1. The summed E-state index contributed by atoms with van der Waals surface area (Å²) in [4.78, 5) is 7.41. The van der Waals surface area contributed by atoms with Crippen LogP contribution < -0.4 is 0 Å². The van der Waals surface area contributed by atoms with Crippen molar-refractivity contribution < 1.29 is 9.47 Å². The van der Waals surface area contributed by atoms with Gasteiger partial charge in [-0.3, -0.25) is 9.88 Å². The smallest absolute Gasteiger partial charge is 0.0705 e. The summed E-state index contributed by atoms with van der Waals surface area (Å²) in [6.45, 7) is 8.76. The molecule has 2 aliphatic rings. The number of benzene rings is 1. The molecule has 1 spiro atoms. The van der Waals surface area contributed by atoms with Gasteiger partial charge in [0, 0.05) is 31.1 Å². The molecule has 2 aromatic rings. The maximum Gasteiger partial charge on any atom is 0.0705 e. The third-order valence-corrected chi connectivity index (χ3v) is 6.35. The molecule has 2 fully saturated rings. The van der Waals surface area contributed by atoms with Crippen LogP contribution in [0.4, 0.5) is 0 Å². The Morgan fingerprint density at radius 2 is 2.00 bits per heavy atom. The van der Waals surface area contributed by atoms with Crippen molar-refractivity contribution in [2.45, 2.75) is 32.7 Å². The van der Waals surface area contributed by atoms with E-state index in [1.807, 2.05) is 0 Å². The predicted octanol–water partition coefficient (Wildman–Crippen LogP) is 3.89. The van der Waals surface area contributed by atoms with Crippen LogP contribution >= 0.6 is 0 Å². The fourth-order valence-electron chi connectivity index (χ4n) is 4.61. The van der Waals surface area contributed by atoms with Crippen molar-refractivity contribution in [3.8, 4) is 0 Å². The highest BCUT2D eigenvalue weighted by molar-refractivity contribution is 5.78. The zero-order chi connectivity index (χ0) is 17.8. The molecule has 1 atom stereocenters. The van der Waals surface area contributed by atoms with Crippen molar-refractivity contribution in [2.24, 2.45) is 11.3 Å². The van der Waals surface area contributed by atoms with E-state index >= 15 is 0 Å². The van der Waals surface area contributed by atoms with Gasteiger partial charge in [0.1, 0.15) is 0 Å². The fraction of sp³-hybridized carbons (Fsp3) is 0.591. The highest BCUT2D eigenvalue weighted by Crippen LogP contribution is 2.45. The van der Waals surface area contributed by atoms with Crippen LogP contribution in [0.1, 0.15) is 31.9 Å². The molecule has 3 heterocycles. The summed E-state index contributed by atoms with van der Waals surface area (Å²) in [7, 11) is 0. The van der Waals surface area contributed by atoms with Crippen molar-refractivity contribution in [3.63, 3.8) is 0 Å². The number of para-hydroxylation sites is 1. The van der Waals surface area contributed by atoms with Gasteiger partial charge in [0.25, 0.3) is 0 Å². The van der Waals surface area contributed by atoms with E-state index in [0.717, 1.165) is 51.6 Å². The van der Waals surface area contributed by atoms with E-state index in [2.05, 4.69) is 48.2 Å². The summed E-state index contributed by atoms with van der Waals surface area (Å²) >= 11 is 0. The van der Waals surface area contributed by atoms with Gasteiger partial charge in [-0.15, -0.1) is 0 Å². The molecule has 2 saturated heterocycles. The molecule has 4 rings (SSSR count). The van der Waals surface area contributed by atoms with Crippen LogP contribution in [0.25, 0.3) is 10.9 Å². The van der Waals surface area contributed by atoms with Crippen LogP contribution in [-0.2, 0) is 16.0 Å². The van der Waals surface area contributed by atoms with Gasteiger partial charge in [-0.25, -0.2) is 0 Å². The highest BCUT2D eigenvalue weighted by Gasteiger charge is 2.43. The minimum atomic E-state index is 0.417. The van der Waals surface area contributed by atoms with Gasteiger partial charge in [0.05, 0.1) is 24.4 Å². The van der Waals surface area contributed by atoms with E-state index in [0.29, 0.717) is 11.3 Å². The third-order valence-electron chi connectivity index (χ3n) is 6.35. The number of piperidine rings is 1. The Morgan fingerprint density at radius 3 is 2.85 bits per heavy atom. The molecule has 4 nitrogen and oxygen atoms in total. The van der Waals surface area contributed by atoms with Crippen LogP contribution in [0.3, 0.4) is 0 Å². The van der Waals surface area contributed by atoms with Gasteiger partial charge in [-0.05, 0) is 56.8 Å². The molecule has 0 radical (unpaired) electrons. The molecule has 0 bridgehead atoms. The van der Waals surface area contributed by atoms with E-state index in [4.69, 9.17) is 14.5 Å². The van der Waals surface area contributed by atoms with Gasteiger partial charge in [-0.1, -0.05) is 24.3 Å². The highest BCUT2D eigenvalue weighted by atomic mass is 16.5. The van der Waals surface area contributed by atoms with Crippen molar-refractivity contribution in [2.75, 3.05) is 39.5 Å². The Labute approximate surface area is 156 Å². The fourth-order valence-corrected chi connectivity index (χ4v) is 4.61.